The predicted octanol–water partition coefficient (Wildman–Crippen LogP) is 5.59. The van der Waals surface area contributed by atoms with Crippen LogP contribution in [0.15, 0.2) is 74.7 Å². The lowest BCUT2D eigenvalue weighted by molar-refractivity contribution is 0.0954. The van der Waals surface area contributed by atoms with Crippen molar-refractivity contribution in [2.75, 3.05) is 5.32 Å². The zero-order valence-electron chi connectivity index (χ0n) is 15.2. The van der Waals surface area contributed by atoms with Crippen molar-refractivity contribution in [2.24, 2.45) is 5.10 Å². The lowest BCUT2D eigenvalue weighted by Gasteiger charge is -2.07. The first-order valence-corrected chi connectivity index (χ1v) is 10.5. The summed E-state index contributed by atoms with van der Waals surface area (Å²) < 4.78 is 1.24. The third-order valence-corrected chi connectivity index (χ3v) is 5.34. The van der Waals surface area contributed by atoms with Crippen molar-refractivity contribution in [3.63, 3.8) is 0 Å². The summed E-state index contributed by atoms with van der Waals surface area (Å²) in [5, 5.41) is 16.9. The Balaban J connectivity index is 1.63. The molecule has 0 unspecified atom stereocenters. The van der Waals surface area contributed by atoms with E-state index >= 15 is 0 Å². The Hall–Kier alpha value is -2.68. The Bertz CT molecular complexity index is 1130. The van der Waals surface area contributed by atoms with E-state index in [0.29, 0.717) is 31.9 Å². The molecule has 30 heavy (non-hydrogen) atoms. The summed E-state index contributed by atoms with van der Waals surface area (Å²) in [5.74, 6) is -0.777. The third kappa shape index (κ3) is 5.47. The van der Waals surface area contributed by atoms with Crippen LogP contribution in [0.2, 0.25) is 5.02 Å². The van der Waals surface area contributed by atoms with E-state index in [2.05, 4.69) is 47.7 Å². The maximum absolute atomic E-state index is 12.3. The molecule has 3 N–H and O–H groups in total. The zero-order valence-corrected chi connectivity index (χ0v) is 19.1. The molecule has 0 fully saturated rings. The molecule has 0 aliphatic carbocycles. The molecule has 3 rings (SSSR count). The van der Waals surface area contributed by atoms with Gasteiger partial charge in [-0.05, 0) is 64.5 Å². The van der Waals surface area contributed by atoms with Gasteiger partial charge in [-0.3, -0.25) is 9.59 Å². The molecule has 3 aromatic carbocycles. The summed E-state index contributed by atoms with van der Waals surface area (Å²) >= 11 is 12.6. The second kappa shape index (κ2) is 9.88. The number of phenolic OH excluding ortho intramolecular Hbond substituents is 1. The van der Waals surface area contributed by atoms with Crippen molar-refractivity contribution in [1.82, 2.24) is 5.43 Å². The maximum Gasteiger partial charge on any atom is 0.271 e. The molecule has 0 radical (unpaired) electrons. The number of hydrogen-bond acceptors (Lipinski definition) is 4. The fourth-order valence-corrected chi connectivity index (χ4v) is 3.94. The van der Waals surface area contributed by atoms with E-state index in [0.717, 1.165) is 4.47 Å². The highest BCUT2D eigenvalue weighted by Crippen LogP contribution is 2.30. The fraction of sp³-hybridized carbons (Fsp3) is 0. The SMILES string of the molecule is O=C(N/N=C/c1cc(Br)cc(Br)c1O)c1ccc(NC(=O)c2ccccc2Cl)cc1. The number of carbonyl (C=O) groups excluding carboxylic acids is 2. The lowest BCUT2D eigenvalue weighted by Crippen LogP contribution is -2.18. The molecule has 0 spiro atoms. The monoisotopic (exact) mass is 549 g/mol. The van der Waals surface area contributed by atoms with Crippen LogP contribution in [0.3, 0.4) is 0 Å². The van der Waals surface area contributed by atoms with Crippen molar-refractivity contribution in [3.05, 3.63) is 91.3 Å². The van der Waals surface area contributed by atoms with Gasteiger partial charge in [0.05, 0.1) is 21.3 Å². The molecule has 0 saturated carbocycles. The molecule has 6 nitrogen and oxygen atoms in total. The van der Waals surface area contributed by atoms with Crippen LogP contribution in [-0.4, -0.2) is 23.1 Å². The first kappa shape index (κ1) is 22.0. The van der Waals surface area contributed by atoms with Crippen molar-refractivity contribution in [2.45, 2.75) is 0 Å². The summed E-state index contributed by atoms with van der Waals surface area (Å²) in [6.45, 7) is 0. The number of benzene rings is 3. The summed E-state index contributed by atoms with van der Waals surface area (Å²) in [5.41, 5.74) is 4.04. The van der Waals surface area contributed by atoms with Gasteiger partial charge in [0.15, 0.2) is 0 Å². The first-order chi connectivity index (χ1) is 14.3. The van der Waals surface area contributed by atoms with Gasteiger partial charge in [-0.2, -0.15) is 5.10 Å². The molecule has 9 heteroatoms. The van der Waals surface area contributed by atoms with Crippen LogP contribution in [-0.2, 0) is 0 Å². The van der Waals surface area contributed by atoms with Gasteiger partial charge < -0.3 is 10.4 Å². The molecule has 0 heterocycles. The number of carbonyl (C=O) groups is 2. The number of rotatable bonds is 5. The molecule has 3 aromatic rings. The molecule has 2 amide bonds. The second-order valence-corrected chi connectivity index (χ2v) is 8.21. The number of hydrazone groups is 1. The molecule has 0 saturated heterocycles. The molecule has 0 bridgehead atoms. The Kier molecular flexibility index (Phi) is 7.25. The molecule has 152 valence electrons. The smallest absolute Gasteiger partial charge is 0.271 e. The van der Waals surface area contributed by atoms with Crippen LogP contribution in [0.4, 0.5) is 5.69 Å². The molecular formula is C21H14Br2ClN3O3. The van der Waals surface area contributed by atoms with Gasteiger partial charge in [-0.15, -0.1) is 0 Å². The normalized spacial score (nSPS) is 10.8. The maximum atomic E-state index is 12.3. The van der Waals surface area contributed by atoms with Crippen LogP contribution >= 0.6 is 43.5 Å². The molecule has 0 atom stereocenters. The average molecular weight is 552 g/mol. The Morgan fingerprint density at radius 3 is 2.40 bits per heavy atom. The van der Waals surface area contributed by atoms with E-state index in [1.807, 2.05) is 0 Å². The van der Waals surface area contributed by atoms with E-state index in [4.69, 9.17) is 11.6 Å². The van der Waals surface area contributed by atoms with Gasteiger partial charge in [0.1, 0.15) is 5.75 Å². The van der Waals surface area contributed by atoms with Gasteiger partial charge in [0.25, 0.3) is 11.8 Å². The minimum atomic E-state index is -0.441. The van der Waals surface area contributed by atoms with Gasteiger partial charge in [-0.1, -0.05) is 39.7 Å². The summed E-state index contributed by atoms with van der Waals surface area (Å²) in [6, 6.07) is 16.4. The molecule has 0 aromatic heterocycles. The predicted molar refractivity (Wildman–Crippen MR) is 124 cm³/mol. The van der Waals surface area contributed by atoms with Gasteiger partial charge in [-0.25, -0.2) is 5.43 Å². The zero-order chi connectivity index (χ0) is 21.7. The quantitative estimate of drug-likeness (QED) is 0.285. The van der Waals surface area contributed by atoms with Crippen LogP contribution in [0.25, 0.3) is 0 Å². The Morgan fingerprint density at radius 2 is 1.70 bits per heavy atom. The number of halogens is 3. The van der Waals surface area contributed by atoms with Crippen molar-refractivity contribution < 1.29 is 14.7 Å². The van der Waals surface area contributed by atoms with Crippen molar-refractivity contribution in [3.8, 4) is 5.75 Å². The van der Waals surface area contributed by atoms with Gasteiger partial charge in [0, 0.05) is 21.3 Å². The summed E-state index contributed by atoms with van der Waals surface area (Å²) in [4.78, 5) is 24.5. The highest BCUT2D eigenvalue weighted by molar-refractivity contribution is 9.11. The van der Waals surface area contributed by atoms with Gasteiger partial charge in [0.2, 0.25) is 0 Å². The number of nitrogens with zero attached hydrogens (tertiary/aromatic N) is 1. The van der Waals surface area contributed by atoms with E-state index in [1.165, 1.54) is 6.21 Å². The third-order valence-electron chi connectivity index (χ3n) is 3.95. The van der Waals surface area contributed by atoms with E-state index < -0.39 is 5.91 Å². The summed E-state index contributed by atoms with van der Waals surface area (Å²) in [6.07, 6.45) is 1.33. The van der Waals surface area contributed by atoms with E-state index in [9.17, 15) is 14.7 Å². The Labute approximate surface area is 194 Å². The molecule has 0 aliphatic heterocycles. The van der Waals surface area contributed by atoms with E-state index in [1.54, 1.807) is 60.7 Å². The minimum absolute atomic E-state index is 0.00909. The second-order valence-electron chi connectivity index (χ2n) is 6.04. The highest BCUT2D eigenvalue weighted by atomic mass is 79.9. The van der Waals surface area contributed by atoms with Gasteiger partial charge >= 0.3 is 0 Å². The average Bonchev–Trinajstić information content (AvgIpc) is 2.72. The number of hydrogen-bond donors (Lipinski definition) is 3. The first-order valence-electron chi connectivity index (χ1n) is 8.52. The minimum Gasteiger partial charge on any atom is -0.506 e. The molecule has 0 aliphatic rings. The number of amides is 2. The number of aromatic hydroxyl groups is 1. The number of phenols is 1. The van der Waals surface area contributed by atoms with Crippen LogP contribution in [0.1, 0.15) is 26.3 Å². The largest absolute Gasteiger partial charge is 0.506 e. The Morgan fingerprint density at radius 1 is 1.00 bits per heavy atom. The lowest BCUT2D eigenvalue weighted by atomic mass is 10.1. The van der Waals surface area contributed by atoms with Crippen LogP contribution in [0.5, 0.6) is 5.75 Å². The number of nitrogens with one attached hydrogen (secondary N) is 2. The van der Waals surface area contributed by atoms with Crippen molar-refractivity contribution in [1.29, 1.82) is 0 Å². The van der Waals surface area contributed by atoms with E-state index in [-0.39, 0.29) is 11.7 Å². The fourth-order valence-electron chi connectivity index (χ4n) is 2.46. The highest BCUT2D eigenvalue weighted by Gasteiger charge is 2.11. The van der Waals surface area contributed by atoms with Crippen LogP contribution < -0.4 is 10.7 Å². The standard InChI is InChI=1S/C21H14Br2ClN3O3/c22-14-9-13(19(28)17(23)10-14)11-25-27-20(29)12-5-7-15(8-6-12)26-21(30)16-3-1-2-4-18(16)24/h1-11,28H,(H,26,30)(H,27,29)/b25-11+. The number of anilines is 1. The van der Waals surface area contributed by atoms with Crippen LogP contribution in [0, 0.1) is 0 Å². The molecular weight excluding hydrogens is 538 g/mol. The van der Waals surface area contributed by atoms with Crippen molar-refractivity contribution >= 4 is 67.2 Å². The topological polar surface area (TPSA) is 90.8 Å². The summed E-state index contributed by atoms with van der Waals surface area (Å²) in [7, 11) is 0.